The van der Waals surface area contributed by atoms with Gasteiger partial charge in [0.05, 0.1) is 16.6 Å². The Morgan fingerprint density at radius 1 is 0.926 bits per heavy atom. The van der Waals surface area contributed by atoms with Gasteiger partial charge >= 0.3 is 0 Å². The summed E-state index contributed by atoms with van der Waals surface area (Å²) in [5.41, 5.74) is 2.74. The third-order valence-corrected chi connectivity index (χ3v) is 5.39. The minimum atomic E-state index is -0.0394. The van der Waals surface area contributed by atoms with E-state index in [0.717, 1.165) is 27.9 Å². The molecular weight excluding hydrogens is 400 g/mol. The van der Waals surface area contributed by atoms with Crippen LogP contribution in [0.4, 0.5) is 0 Å². The van der Waals surface area contributed by atoms with E-state index in [1.807, 2.05) is 66.7 Å². The van der Waals surface area contributed by atoms with E-state index in [0.29, 0.717) is 5.39 Å². The van der Waals surface area contributed by atoms with Crippen molar-refractivity contribution in [3.05, 3.63) is 105 Å². The van der Waals surface area contributed by atoms with E-state index in [9.17, 15) is 4.79 Å². The quantitative estimate of drug-likeness (QED) is 0.438. The van der Waals surface area contributed by atoms with Crippen molar-refractivity contribution in [1.29, 1.82) is 0 Å². The molecule has 4 heteroatoms. The predicted molar refractivity (Wildman–Crippen MR) is 114 cm³/mol. The van der Waals surface area contributed by atoms with Crippen molar-refractivity contribution in [3.8, 4) is 5.69 Å². The SMILES string of the molecule is C[C@@H](Cc1ccccc1)c1nc2ccccc2c(=O)n1-c1ccccc1Br. The van der Waals surface area contributed by atoms with Gasteiger partial charge in [-0.3, -0.25) is 9.36 Å². The number of hydrogen-bond donors (Lipinski definition) is 0. The van der Waals surface area contributed by atoms with Crippen LogP contribution in [-0.2, 0) is 6.42 Å². The van der Waals surface area contributed by atoms with E-state index in [-0.39, 0.29) is 11.5 Å². The van der Waals surface area contributed by atoms with Crippen molar-refractivity contribution in [2.45, 2.75) is 19.3 Å². The summed E-state index contributed by atoms with van der Waals surface area (Å²) in [5, 5.41) is 0.629. The molecule has 1 aromatic heterocycles. The number of nitrogens with zero attached hydrogens (tertiary/aromatic N) is 2. The Hall–Kier alpha value is -2.72. The zero-order valence-electron chi connectivity index (χ0n) is 15.0. The molecule has 0 saturated carbocycles. The molecule has 134 valence electrons. The Balaban J connectivity index is 1.94. The third-order valence-electron chi connectivity index (χ3n) is 4.72. The summed E-state index contributed by atoms with van der Waals surface area (Å²) in [7, 11) is 0. The molecule has 0 spiro atoms. The minimum absolute atomic E-state index is 0.0394. The highest BCUT2D eigenvalue weighted by atomic mass is 79.9. The fraction of sp³-hybridized carbons (Fsp3) is 0.130. The second kappa shape index (κ2) is 7.49. The predicted octanol–water partition coefficient (Wildman–Crippen LogP) is 5.49. The van der Waals surface area contributed by atoms with E-state index >= 15 is 0 Å². The topological polar surface area (TPSA) is 34.9 Å². The summed E-state index contributed by atoms with van der Waals surface area (Å²) in [6, 6.07) is 25.6. The molecule has 0 radical (unpaired) electrons. The first-order valence-corrected chi connectivity index (χ1v) is 9.75. The molecule has 4 rings (SSSR count). The van der Waals surface area contributed by atoms with Gasteiger partial charge in [-0.2, -0.15) is 0 Å². The Labute approximate surface area is 166 Å². The zero-order valence-corrected chi connectivity index (χ0v) is 16.6. The van der Waals surface area contributed by atoms with Crippen LogP contribution in [0.5, 0.6) is 0 Å². The first-order valence-electron chi connectivity index (χ1n) is 8.95. The van der Waals surface area contributed by atoms with Gasteiger partial charge in [0, 0.05) is 10.4 Å². The molecule has 1 atom stereocenters. The van der Waals surface area contributed by atoms with Gasteiger partial charge in [-0.05, 0) is 52.2 Å². The molecule has 0 saturated heterocycles. The second-order valence-corrected chi connectivity index (χ2v) is 7.52. The van der Waals surface area contributed by atoms with Gasteiger partial charge in [-0.1, -0.05) is 61.5 Å². The lowest BCUT2D eigenvalue weighted by Crippen LogP contribution is -2.26. The number of hydrogen-bond acceptors (Lipinski definition) is 2. The first-order chi connectivity index (χ1) is 13.1. The number of rotatable bonds is 4. The van der Waals surface area contributed by atoms with Crippen LogP contribution in [0.2, 0.25) is 0 Å². The Morgan fingerprint density at radius 3 is 2.37 bits per heavy atom. The number of halogens is 1. The highest BCUT2D eigenvalue weighted by Gasteiger charge is 2.19. The van der Waals surface area contributed by atoms with Crippen molar-refractivity contribution >= 4 is 26.8 Å². The summed E-state index contributed by atoms with van der Waals surface area (Å²) in [6.45, 7) is 2.12. The summed E-state index contributed by atoms with van der Waals surface area (Å²) in [6.07, 6.45) is 0.816. The van der Waals surface area contributed by atoms with Crippen molar-refractivity contribution in [2.75, 3.05) is 0 Å². The maximum absolute atomic E-state index is 13.4. The van der Waals surface area contributed by atoms with Gasteiger partial charge in [-0.25, -0.2) is 4.98 Å². The molecule has 0 aliphatic rings. The van der Waals surface area contributed by atoms with E-state index < -0.39 is 0 Å². The van der Waals surface area contributed by atoms with E-state index in [1.54, 1.807) is 4.57 Å². The van der Waals surface area contributed by atoms with Crippen LogP contribution in [0.1, 0.15) is 24.2 Å². The summed E-state index contributed by atoms with van der Waals surface area (Å²) in [4.78, 5) is 18.3. The standard InChI is InChI=1S/C23H19BrN2O/c1-16(15-17-9-3-2-4-10-17)22-25-20-13-7-5-11-18(20)23(27)26(22)21-14-8-6-12-19(21)24/h2-14,16H,15H2,1H3/t16-/m0/s1. The van der Waals surface area contributed by atoms with Crippen molar-refractivity contribution in [1.82, 2.24) is 9.55 Å². The number of fused-ring (bicyclic) bond motifs is 1. The highest BCUT2D eigenvalue weighted by molar-refractivity contribution is 9.10. The molecule has 27 heavy (non-hydrogen) atoms. The van der Waals surface area contributed by atoms with Crippen LogP contribution in [0.25, 0.3) is 16.6 Å². The average molecular weight is 419 g/mol. The summed E-state index contributed by atoms with van der Waals surface area (Å²) in [5.74, 6) is 0.853. The molecule has 4 aromatic rings. The number of para-hydroxylation sites is 2. The minimum Gasteiger partial charge on any atom is -0.268 e. The number of aromatic nitrogens is 2. The lowest BCUT2D eigenvalue weighted by molar-refractivity contribution is 0.664. The molecule has 0 aliphatic carbocycles. The van der Waals surface area contributed by atoms with Crippen molar-refractivity contribution in [3.63, 3.8) is 0 Å². The van der Waals surface area contributed by atoms with Crippen LogP contribution in [0.3, 0.4) is 0 Å². The Bertz CT molecular complexity index is 1150. The van der Waals surface area contributed by atoms with Gasteiger partial charge in [0.25, 0.3) is 5.56 Å². The van der Waals surface area contributed by atoms with E-state index in [1.165, 1.54) is 5.56 Å². The van der Waals surface area contributed by atoms with Gasteiger partial charge < -0.3 is 0 Å². The molecular formula is C23H19BrN2O. The second-order valence-electron chi connectivity index (χ2n) is 6.67. The molecule has 0 unspecified atom stereocenters. The maximum Gasteiger partial charge on any atom is 0.266 e. The average Bonchev–Trinajstić information content (AvgIpc) is 2.69. The lowest BCUT2D eigenvalue weighted by Gasteiger charge is -2.19. The van der Waals surface area contributed by atoms with Crippen LogP contribution < -0.4 is 5.56 Å². The number of benzene rings is 3. The van der Waals surface area contributed by atoms with Crippen LogP contribution in [0, 0.1) is 0 Å². The molecule has 0 amide bonds. The first kappa shape index (κ1) is 17.7. The van der Waals surface area contributed by atoms with Gasteiger partial charge in [0.2, 0.25) is 0 Å². The molecule has 0 aliphatic heterocycles. The fourth-order valence-corrected chi connectivity index (χ4v) is 3.87. The van der Waals surface area contributed by atoms with Crippen LogP contribution in [-0.4, -0.2) is 9.55 Å². The normalized spacial score (nSPS) is 12.2. The largest absolute Gasteiger partial charge is 0.268 e. The van der Waals surface area contributed by atoms with Gasteiger partial charge in [-0.15, -0.1) is 0 Å². The molecule has 0 bridgehead atoms. The monoisotopic (exact) mass is 418 g/mol. The summed E-state index contributed by atoms with van der Waals surface area (Å²) >= 11 is 3.59. The van der Waals surface area contributed by atoms with E-state index in [4.69, 9.17) is 4.98 Å². The van der Waals surface area contributed by atoms with Crippen LogP contribution in [0.15, 0.2) is 88.1 Å². The van der Waals surface area contributed by atoms with Gasteiger partial charge in [0.15, 0.2) is 0 Å². The van der Waals surface area contributed by atoms with Crippen molar-refractivity contribution in [2.24, 2.45) is 0 Å². The van der Waals surface area contributed by atoms with Crippen molar-refractivity contribution < 1.29 is 0 Å². The van der Waals surface area contributed by atoms with E-state index in [2.05, 4.69) is 35.0 Å². The molecule has 0 fully saturated rings. The van der Waals surface area contributed by atoms with Crippen LogP contribution >= 0.6 is 15.9 Å². The highest BCUT2D eigenvalue weighted by Crippen LogP contribution is 2.26. The summed E-state index contributed by atoms with van der Waals surface area (Å²) < 4.78 is 2.62. The molecule has 0 N–H and O–H groups in total. The fourth-order valence-electron chi connectivity index (χ4n) is 3.41. The molecule has 1 heterocycles. The maximum atomic E-state index is 13.4. The lowest BCUT2D eigenvalue weighted by atomic mass is 9.99. The Kier molecular flexibility index (Phi) is 4.90. The zero-order chi connectivity index (χ0) is 18.8. The van der Waals surface area contributed by atoms with Gasteiger partial charge in [0.1, 0.15) is 5.82 Å². The molecule has 3 aromatic carbocycles. The Morgan fingerprint density at radius 2 is 1.59 bits per heavy atom. The smallest absolute Gasteiger partial charge is 0.266 e. The third kappa shape index (κ3) is 3.45. The molecule has 3 nitrogen and oxygen atoms in total.